The van der Waals surface area contributed by atoms with Gasteiger partial charge in [-0.3, -0.25) is 15.0 Å². The monoisotopic (exact) mass is 613 g/mol. The average Bonchev–Trinajstić information content (AvgIpc) is 3.17. The fourth-order valence-electron chi connectivity index (χ4n) is 6.47. The maximum absolute atomic E-state index is 5.18. The Labute approximate surface area is 277 Å². The second kappa shape index (κ2) is 11.6. The molecular weight excluding hydrogens is 587 g/mol. The molecule has 0 aliphatic carbocycles. The average molecular weight is 614 g/mol. The lowest BCUT2D eigenvalue weighted by atomic mass is 9.95. The van der Waals surface area contributed by atoms with Gasteiger partial charge in [0.25, 0.3) is 0 Å². The maximum atomic E-state index is 5.18. The van der Waals surface area contributed by atoms with E-state index in [0.29, 0.717) is 0 Å². The predicted octanol–water partition coefficient (Wildman–Crippen LogP) is 10.5. The van der Waals surface area contributed by atoms with Gasteiger partial charge >= 0.3 is 0 Å². The third kappa shape index (κ3) is 4.95. The summed E-state index contributed by atoms with van der Waals surface area (Å²) in [4.78, 5) is 24.5. The van der Waals surface area contributed by atoms with Crippen molar-refractivity contribution in [2.45, 2.75) is 0 Å². The lowest BCUT2D eigenvalue weighted by Crippen LogP contribution is -1.94. The number of benzene rings is 4. The first kappa shape index (κ1) is 27.7. The molecule has 0 spiro atoms. The van der Waals surface area contributed by atoms with Crippen LogP contribution in [0, 0.1) is 0 Å². The van der Waals surface area contributed by atoms with Crippen molar-refractivity contribution in [3.8, 4) is 56.2 Å². The Morgan fingerprint density at radius 2 is 1.02 bits per heavy atom. The van der Waals surface area contributed by atoms with E-state index >= 15 is 0 Å². The van der Waals surface area contributed by atoms with Crippen molar-refractivity contribution in [3.05, 3.63) is 164 Å². The molecule has 9 rings (SSSR count). The summed E-state index contributed by atoms with van der Waals surface area (Å²) < 4.78 is 0. The molecule has 0 amide bonds. The number of aromatic nitrogens is 5. The van der Waals surface area contributed by atoms with E-state index in [0.717, 1.165) is 83.3 Å². The molecule has 4 aromatic carbocycles. The molecule has 0 unspecified atom stereocenters. The fraction of sp³-hybridized carbons (Fsp3) is 0. The summed E-state index contributed by atoms with van der Waals surface area (Å²) in [6, 6.07) is 49.9. The van der Waals surface area contributed by atoms with Crippen molar-refractivity contribution in [3.63, 3.8) is 0 Å². The van der Waals surface area contributed by atoms with Crippen LogP contribution in [0.3, 0.4) is 0 Å². The highest BCUT2D eigenvalue weighted by Gasteiger charge is 2.15. The molecule has 5 nitrogen and oxygen atoms in total. The number of hydrogen-bond acceptors (Lipinski definition) is 5. The molecule has 0 atom stereocenters. The van der Waals surface area contributed by atoms with Gasteiger partial charge in [0.15, 0.2) is 0 Å². The van der Waals surface area contributed by atoms with Crippen LogP contribution >= 0.6 is 0 Å². The lowest BCUT2D eigenvalue weighted by molar-refractivity contribution is 1.27. The highest BCUT2D eigenvalue weighted by molar-refractivity contribution is 6.16. The molecule has 0 aliphatic rings. The second-order valence-electron chi connectivity index (χ2n) is 11.8. The molecule has 0 saturated heterocycles. The summed E-state index contributed by atoms with van der Waals surface area (Å²) in [6.45, 7) is 0. The zero-order chi connectivity index (χ0) is 31.9. The van der Waals surface area contributed by atoms with E-state index in [1.54, 1.807) is 0 Å². The molecular formula is C43H27N5. The van der Waals surface area contributed by atoms with Crippen molar-refractivity contribution in [1.82, 2.24) is 24.9 Å². The summed E-state index contributed by atoms with van der Waals surface area (Å²) >= 11 is 0. The molecule has 0 N–H and O–H groups in total. The normalized spacial score (nSPS) is 11.3. The van der Waals surface area contributed by atoms with Crippen LogP contribution in [0.25, 0.3) is 88.9 Å². The molecule has 0 saturated carbocycles. The number of rotatable bonds is 5. The number of fused-ring (bicyclic) bond motifs is 4. The van der Waals surface area contributed by atoms with Crippen LogP contribution in [0.15, 0.2) is 164 Å². The van der Waals surface area contributed by atoms with Crippen LogP contribution in [0.2, 0.25) is 0 Å². The largest absolute Gasteiger partial charge is 0.256 e. The van der Waals surface area contributed by atoms with Crippen LogP contribution in [-0.2, 0) is 0 Å². The van der Waals surface area contributed by atoms with Gasteiger partial charge in [0, 0.05) is 57.0 Å². The molecule has 0 aliphatic heterocycles. The van der Waals surface area contributed by atoms with Gasteiger partial charge in [-0.1, -0.05) is 84.9 Å². The minimum absolute atomic E-state index is 0.799. The smallest absolute Gasteiger partial charge is 0.0978 e. The number of hydrogen-bond donors (Lipinski definition) is 0. The summed E-state index contributed by atoms with van der Waals surface area (Å²) in [6.07, 6.45) is 5.56. The molecule has 9 aromatic rings. The van der Waals surface area contributed by atoms with Crippen LogP contribution < -0.4 is 0 Å². The first-order chi connectivity index (χ1) is 23.8. The van der Waals surface area contributed by atoms with Gasteiger partial charge in [0.05, 0.1) is 39.3 Å². The van der Waals surface area contributed by atoms with Gasteiger partial charge in [-0.25, -0.2) is 9.97 Å². The van der Waals surface area contributed by atoms with Crippen molar-refractivity contribution in [2.24, 2.45) is 0 Å². The molecule has 0 bridgehead atoms. The van der Waals surface area contributed by atoms with Gasteiger partial charge in [-0.05, 0) is 71.8 Å². The molecule has 48 heavy (non-hydrogen) atoms. The Bertz CT molecular complexity index is 2530. The van der Waals surface area contributed by atoms with Crippen LogP contribution in [0.5, 0.6) is 0 Å². The van der Waals surface area contributed by atoms with E-state index in [4.69, 9.17) is 15.0 Å². The first-order valence-electron chi connectivity index (χ1n) is 15.9. The van der Waals surface area contributed by atoms with E-state index in [-0.39, 0.29) is 0 Å². The van der Waals surface area contributed by atoms with E-state index in [1.165, 1.54) is 5.56 Å². The Balaban J connectivity index is 1.16. The van der Waals surface area contributed by atoms with E-state index in [2.05, 4.69) is 94.9 Å². The summed E-state index contributed by atoms with van der Waals surface area (Å²) in [7, 11) is 0. The predicted molar refractivity (Wildman–Crippen MR) is 195 cm³/mol. The van der Waals surface area contributed by atoms with E-state index in [1.807, 2.05) is 79.3 Å². The van der Waals surface area contributed by atoms with Crippen molar-refractivity contribution in [1.29, 1.82) is 0 Å². The van der Waals surface area contributed by atoms with Crippen molar-refractivity contribution >= 4 is 32.7 Å². The Morgan fingerprint density at radius 3 is 1.73 bits per heavy atom. The quantitative estimate of drug-likeness (QED) is 0.143. The van der Waals surface area contributed by atoms with Gasteiger partial charge in [-0.2, -0.15) is 0 Å². The maximum Gasteiger partial charge on any atom is 0.0978 e. The fourth-order valence-corrected chi connectivity index (χ4v) is 6.47. The number of pyridine rings is 5. The Kier molecular flexibility index (Phi) is 6.72. The summed E-state index contributed by atoms with van der Waals surface area (Å²) in [5, 5.41) is 3.25. The molecule has 224 valence electrons. The second-order valence-corrected chi connectivity index (χ2v) is 11.8. The minimum atomic E-state index is 0.799. The third-order valence-electron chi connectivity index (χ3n) is 8.79. The van der Waals surface area contributed by atoms with Gasteiger partial charge < -0.3 is 0 Å². The molecule has 0 fully saturated rings. The van der Waals surface area contributed by atoms with Crippen molar-refractivity contribution < 1.29 is 0 Å². The standard InChI is InChI=1S/C43H27N5/c1-2-10-28(11-3-1)41-34-12-4-5-15-38(34)47-43-35(41)19-16-29-17-21-40(48-42(29)43)39-20-18-30(27-46-39)31-24-32(36-13-6-8-22-44-36)26-33(25-31)37-14-7-9-23-45-37/h1-27H. The molecule has 5 aromatic heterocycles. The molecule has 5 heterocycles. The first-order valence-corrected chi connectivity index (χ1v) is 15.9. The van der Waals surface area contributed by atoms with Crippen LogP contribution in [0.1, 0.15) is 0 Å². The topological polar surface area (TPSA) is 64.5 Å². The molecule has 5 heteroatoms. The van der Waals surface area contributed by atoms with Gasteiger partial charge in [0.1, 0.15) is 0 Å². The summed E-state index contributed by atoms with van der Waals surface area (Å²) in [5.74, 6) is 0. The van der Waals surface area contributed by atoms with Crippen molar-refractivity contribution in [2.75, 3.05) is 0 Å². The van der Waals surface area contributed by atoms with Crippen LogP contribution in [0.4, 0.5) is 0 Å². The van der Waals surface area contributed by atoms with Gasteiger partial charge in [0.2, 0.25) is 0 Å². The number of para-hydroxylation sites is 1. The Morgan fingerprint density at radius 1 is 0.354 bits per heavy atom. The zero-order valence-electron chi connectivity index (χ0n) is 25.8. The van der Waals surface area contributed by atoms with E-state index < -0.39 is 0 Å². The van der Waals surface area contributed by atoms with Crippen LogP contribution in [-0.4, -0.2) is 24.9 Å². The minimum Gasteiger partial charge on any atom is -0.256 e. The zero-order valence-corrected chi connectivity index (χ0v) is 25.8. The third-order valence-corrected chi connectivity index (χ3v) is 8.79. The van der Waals surface area contributed by atoms with E-state index in [9.17, 15) is 0 Å². The lowest BCUT2D eigenvalue weighted by Gasteiger charge is -2.13. The number of nitrogens with zero attached hydrogens (tertiary/aromatic N) is 5. The highest BCUT2D eigenvalue weighted by Crippen LogP contribution is 2.38. The van der Waals surface area contributed by atoms with Gasteiger partial charge in [-0.15, -0.1) is 0 Å². The Hall–Kier alpha value is -6.59. The summed E-state index contributed by atoms with van der Waals surface area (Å²) in [5.41, 5.74) is 12.5. The SMILES string of the molecule is c1ccc(-c2c3ccccc3nc3c2ccc2ccc(-c4ccc(-c5cc(-c6ccccn6)cc(-c6ccccn6)c5)cn4)nc23)cc1. The molecule has 0 radical (unpaired) electrons. The highest BCUT2D eigenvalue weighted by atomic mass is 14.8.